The number of rotatable bonds is 1. The molecule has 0 bridgehead atoms. The van der Waals surface area contributed by atoms with Gasteiger partial charge in [0.05, 0.1) is 16.6 Å². The minimum Gasteiger partial charge on any atom is -0.306 e. The van der Waals surface area contributed by atoms with E-state index in [2.05, 4.69) is 4.98 Å². The van der Waals surface area contributed by atoms with Gasteiger partial charge in [-0.3, -0.25) is 4.79 Å². The number of aromatic amines is 1. The predicted molar refractivity (Wildman–Crippen MR) is 70.1 cm³/mol. The monoisotopic (exact) mass is 256 g/mol. The molecule has 1 N–H and O–H groups in total. The minimum atomic E-state index is -0.664. The number of halogens is 1. The SMILES string of the molecule is O=c1[nH]c2cccc(F)c2c(=O)n1-c1ccccc1. The first-order valence-corrected chi connectivity index (χ1v) is 5.67. The van der Waals surface area contributed by atoms with Gasteiger partial charge in [-0.2, -0.15) is 0 Å². The van der Waals surface area contributed by atoms with Crippen LogP contribution in [0.5, 0.6) is 0 Å². The van der Waals surface area contributed by atoms with Gasteiger partial charge in [0.25, 0.3) is 5.56 Å². The van der Waals surface area contributed by atoms with Crippen molar-refractivity contribution < 1.29 is 4.39 Å². The van der Waals surface area contributed by atoms with Crippen molar-refractivity contribution in [2.45, 2.75) is 0 Å². The number of hydrogen-bond donors (Lipinski definition) is 1. The highest BCUT2D eigenvalue weighted by molar-refractivity contribution is 5.78. The summed E-state index contributed by atoms with van der Waals surface area (Å²) in [7, 11) is 0. The Morgan fingerprint density at radius 2 is 1.68 bits per heavy atom. The van der Waals surface area contributed by atoms with Gasteiger partial charge in [0.1, 0.15) is 5.82 Å². The summed E-state index contributed by atoms with van der Waals surface area (Å²) >= 11 is 0. The van der Waals surface area contributed by atoms with Gasteiger partial charge in [0.15, 0.2) is 0 Å². The summed E-state index contributed by atoms with van der Waals surface area (Å²) in [5.74, 6) is -0.650. The molecule has 1 aromatic heterocycles. The highest BCUT2D eigenvalue weighted by Gasteiger charge is 2.12. The minimum absolute atomic E-state index is 0.119. The molecule has 0 radical (unpaired) electrons. The molecule has 3 aromatic rings. The van der Waals surface area contributed by atoms with Gasteiger partial charge < -0.3 is 4.98 Å². The Morgan fingerprint density at radius 1 is 0.947 bits per heavy atom. The van der Waals surface area contributed by atoms with E-state index in [1.54, 1.807) is 30.3 Å². The van der Waals surface area contributed by atoms with E-state index < -0.39 is 17.1 Å². The number of fused-ring (bicyclic) bond motifs is 1. The quantitative estimate of drug-likeness (QED) is 0.722. The smallest absolute Gasteiger partial charge is 0.306 e. The van der Waals surface area contributed by atoms with E-state index in [4.69, 9.17) is 0 Å². The van der Waals surface area contributed by atoms with Crippen molar-refractivity contribution in [1.82, 2.24) is 9.55 Å². The summed E-state index contributed by atoms with van der Waals surface area (Å²) in [6.45, 7) is 0. The zero-order chi connectivity index (χ0) is 13.4. The third-order valence-electron chi connectivity index (χ3n) is 2.89. The summed E-state index contributed by atoms with van der Waals surface area (Å²) in [4.78, 5) is 26.7. The fourth-order valence-corrected chi connectivity index (χ4v) is 2.03. The standard InChI is InChI=1S/C14H9FN2O2/c15-10-7-4-8-11-12(10)13(18)17(14(19)16-11)9-5-2-1-3-6-9/h1-8H,(H,16,19). The molecule has 0 saturated heterocycles. The number of aromatic nitrogens is 2. The lowest BCUT2D eigenvalue weighted by atomic mass is 10.2. The Hall–Kier alpha value is -2.69. The van der Waals surface area contributed by atoms with E-state index in [0.29, 0.717) is 5.69 Å². The summed E-state index contributed by atoms with van der Waals surface area (Å²) < 4.78 is 14.7. The Bertz CT molecular complexity index is 866. The molecular weight excluding hydrogens is 247 g/mol. The average molecular weight is 256 g/mol. The zero-order valence-electron chi connectivity index (χ0n) is 9.76. The number of hydrogen-bond acceptors (Lipinski definition) is 2. The lowest BCUT2D eigenvalue weighted by molar-refractivity contribution is 0.637. The average Bonchev–Trinajstić information content (AvgIpc) is 2.39. The van der Waals surface area contributed by atoms with Crippen LogP contribution in [0, 0.1) is 5.82 Å². The topological polar surface area (TPSA) is 54.9 Å². The second kappa shape index (κ2) is 4.20. The Balaban J connectivity index is 2.49. The van der Waals surface area contributed by atoms with Crippen LogP contribution in [-0.2, 0) is 0 Å². The van der Waals surface area contributed by atoms with Crippen molar-refractivity contribution >= 4 is 10.9 Å². The van der Waals surface area contributed by atoms with E-state index in [9.17, 15) is 14.0 Å². The van der Waals surface area contributed by atoms with Crippen molar-refractivity contribution in [2.75, 3.05) is 0 Å². The van der Waals surface area contributed by atoms with E-state index in [1.807, 2.05) is 0 Å². The molecule has 4 nitrogen and oxygen atoms in total. The van der Waals surface area contributed by atoms with Gasteiger partial charge in [-0.05, 0) is 24.3 Å². The largest absolute Gasteiger partial charge is 0.333 e. The number of para-hydroxylation sites is 1. The molecule has 2 aromatic carbocycles. The number of benzene rings is 2. The van der Waals surface area contributed by atoms with Gasteiger partial charge in [-0.25, -0.2) is 13.8 Å². The van der Waals surface area contributed by atoms with Gasteiger partial charge in [-0.1, -0.05) is 24.3 Å². The fraction of sp³-hybridized carbons (Fsp3) is 0. The van der Waals surface area contributed by atoms with E-state index in [-0.39, 0.29) is 10.9 Å². The van der Waals surface area contributed by atoms with Crippen LogP contribution in [0.1, 0.15) is 0 Å². The first kappa shape index (κ1) is 11.4. The molecule has 0 spiro atoms. The number of nitrogens with one attached hydrogen (secondary N) is 1. The van der Waals surface area contributed by atoms with E-state index in [1.165, 1.54) is 18.2 Å². The molecular formula is C14H9FN2O2. The zero-order valence-corrected chi connectivity index (χ0v) is 9.76. The summed E-state index contributed by atoms with van der Waals surface area (Å²) in [5.41, 5.74) is -0.654. The third-order valence-corrected chi connectivity index (χ3v) is 2.89. The molecule has 0 aliphatic rings. The van der Waals surface area contributed by atoms with Crippen LogP contribution in [0.4, 0.5) is 4.39 Å². The Kier molecular flexibility index (Phi) is 2.52. The third kappa shape index (κ3) is 1.76. The molecule has 94 valence electrons. The van der Waals surface area contributed by atoms with Crippen LogP contribution in [0.15, 0.2) is 58.1 Å². The maximum Gasteiger partial charge on any atom is 0.333 e. The van der Waals surface area contributed by atoms with Gasteiger partial charge in [0, 0.05) is 0 Å². The van der Waals surface area contributed by atoms with Crippen molar-refractivity contribution in [3.8, 4) is 5.69 Å². The van der Waals surface area contributed by atoms with Crippen molar-refractivity contribution in [3.63, 3.8) is 0 Å². The molecule has 5 heteroatoms. The van der Waals surface area contributed by atoms with Gasteiger partial charge >= 0.3 is 5.69 Å². The van der Waals surface area contributed by atoms with Gasteiger partial charge in [0.2, 0.25) is 0 Å². The second-order valence-electron chi connectivity index (χ2n) is 4.07. The predicted octanol–water partition coefficient (Wildman–Crippen LogP) is 1.82. The lowest BCUT2D eigenvalue weighted by Crippen LogP contribution is -2.33. The Labute approximate surface area is 106 Å². The normalized spacial score (nSPS) is 10.8. The number of nitrogens with zero attached hydrogens (tertiary/aromatic N) is 1. The van der Waals surface area contributed by atoms with Crippen LogP contribution >= 0.6 is 0 Å². The highest BCUT2D eigenvalue weighted by Crippen LogP contribution is 2.10. The van der Waals surface area contributed by atoms with Crippen LogP contribution in [0.3, 0.4) is 0 Å². The molecule has 0 aliphatic carbocycles. The maximum absolute atomic E-state index is 13.7. The van der Waals surface area contributed by atoms with E-state index >= 15 is 0 Å². The molecule has 0 amide bonds. The summed E-state index contributed by atoms with van der Waals surface area (Å²) in [6.07, 6.45) is 0. The molecule has 0 aliphatic heterocycles. The first-order chi connectivity index (χ1) is 9.18. The van der Waals surface area contributed by atoms with Crippen molar-refractivity contribution in [2.24, 2.45) is 0 Å². The fourth-order valence-electron chi connectivity index (χ4n) is 2.03. The van der Waals surface area contributed by atoms with E-state index in [0.717, 1.165) is 4.57 Å². The molecule has 1 heterocycles. The van der Waals surface area contributed by atoms with Crippen LogP contribution < -0.4 is 11.2 Å². The molecule has 0 atom stereocenters. The highest BCUT2D eigenvalue weighted by atomic mass is 19.1. The summed E-state index contributed by atoms with van der Waals surface area (Å²) in [5, 5.41) is -0.119. The first-order valence-electron chi connectivity index (χ1n) is 5.67. The molecule has 19 heavy (non-hydrogen) atoms. The maximum atomic E-state index is 13.7. The van der Waals surface area contributed by atoms with Crippen molar-refractivity contribution in [1.29, 1.82) is 0 Å². The van der Waals surface area contributed by atoms with Gasteiger partial charge in [-0.15, -0.1) is 0 Å². The molecule has 0 saturated carbocycles. The van der Waals surface area contributed by atoms with Crippen LogP contribution in [0.2, 0.25) is 0 Å². The number of H-pyrrole nitrogens is 1. The van der Waals surface area contributed by atoms with Crippen molar-refractivity contribution in [3.05, 3.63) is 75.2 Å². The molecule has 0 unspecified atom stereocenters. The molecule has 3 rings (SSSR count). The van der Waals surface area contributed by atoms with Crippen LogP contribution in [0.25, 0.3) is 16.6 Å². The van der Waals surface area contributed by atoms with Crippen LogP contribution in [-0.4, -0.2) is 9.55 Å². The molecule has 0 fully saturated rings. The Morgan fingerprint density at radius 3 is 2.42 bits per heavy atom. The second-order valence-corrected chi connectivity index (χ2v) is 4.07. The lowest BCUT2D eigenvalue weighted by Gasteiger charge is -2.06. The summed E-state index contributed by atoms with van der Waals surface area (Å²) in [6, 6.07) is 12.5.